The summed E-state index contributed by atoms with van der Waals surface area (Å²) >= 11 is 6.44. The first-order valence-corrected chi connectivity index (χ1v) is 7.24. The molecule has 1 N–H and O–H groups in total. The second kappa shape index (κ2) is 6.50. The highest BCUT2D eigenvalue weighted by molar-refractivity contribution is 7.13. The molecule has 8 heteroatoms. The number of hydrogen-bond donors (Lipinski definition) is 1. The molecular weight excluding hydrogens is 337 g/mol. The first-order valence-electron chi connectivity index (χ1n) is 6.05. The SMILES string of the molecule is Cc1nc(C(F)(F)F)c(C(=O)N/C=C\c2ccc(Cl)cc2)s1. The molecule has 0 saturated carbocycles. The van der Waals surface area contributed by atoms with E-state index in [2.05, 4.69) is 10.3 Å². The zero-order valence-electron chi connectivity index (χ0n) is 11.2. The lowest BCUT2D eigenvalue weighted by Crippen LogP contribution is -2.20. The smallest absolute Gasteiger partial charge is 0.328 e. The van der Waals surface area contributed by atoms with Crippen LogP contribution in [0.3, 0.4) is 0 Å². The van der Waals surface area contributed by atoms with E-state index in [4.69, 9.17) is 11.6 Å². The number of amides is 1. The lowest BCUT2D eigenvalue weighted by molar-refractivity contribution is -0.141. The van der Waals surface area contributed by atoms with Gasteiger partial charge in [-0.05, 0) is 30.7 Å². The summed E-state index contributed by atoms with van der Waals surface area (Å²) in [6, 6.07) is 6.75. The van der Waals surface area contributed by atoms with E-state index in [1.54, 1.807) is 30.3 Å². The average molecular weight is 347 g/mol. The molecule has 0 fully saturated rings. The first-order chi connectivity index (χ1) is 10.3. The summed E-state index contributed by atoms with van der Waals surface area (Å²) in [5.74, 6) is -0.844. The molecule has 0 unspecified atom stereocenters. The van der Waals surface area contributed by atoms with Gasteiger partial charge >= 0.3 is 6.18 Å². The molecule has 0 aliphatic rings. The van der Waals surface area contributed by atoms with E-state index in [0.717, 1.165) is 5.56 Å². The second-order valence-corrected chi connectivity index (χ2v) is 5.91. The topological polar surface area (TPSA) is 42.0 Å². The maximum Gasteiger partial charge on any atom is 0.435 e. The number of halogens is 4. The largest absolute Gasteiger partial charge is 0.435 e. The molecule has 22 heavy (non-hydrogen) atoms. The van der Waals surface area contributed by atoms with Crippen LogP contribution in [0.15, 0.2) is 30.5 Å². The molecule has 0 aliphatic carbocycles. The Labute approximate surface area is 133 Å². The van der Waals surface area contributed by atoms with Crippen molar-refractivity contribution in [2.24, 2.45) is 0 Å². The average Bonchev–Trinajstić information content (AvgIpc) is 2.83. The van der Waals surface area contributed by atoms with Crippen LogP contribution in [0.2, 0.25) is 5.02 Å². The molecule has 116 valence electrons. The van der Waals surface area contributed by atoms with Crippen molar-refractivity contribution >= 4 is 34.9 Å². The molecule has 0 spiro atoms. The van der Waals surface area contributed by atoms with Crippen molar-refractivity contribution < 1.29 is 18.0 Å². The highest BCUT2D eigenvalue weighted by atomic mass is 35.5. The van der Waals surface area contributed by atoms with Crippen molar-refractivity contribution in [1.82, 2.24) is 10.3 Å². The van der Waals surface area contributed by atoms with E-state index < -0.39 is 22.7 Å². The molecule has 1 amide bonds. The number of rotatable bonds is 3. The van der Waals surface area contributed by atoms with Gasteiger partial charge in [-0.15, -0.1) is 11.3 Å². The molecule has 1 aromatic carbocycles. The van der Waals surface area contributed by atoms with Crippen molar-refractivity contribution in [3.63, 3.8) is 0 Å². The fraction of sp³-hybridized carbons (Fsp3) is 0.143. The number of hydrogen-bond acceptors (Lipinski definition) is 3. The van der Waals surface area contributed by atoms with Crippen molar-refractivity contribution in [3.8, 4) is 0 Å². The number of carbonyl (C=O) groups excluding carboxylic acids is 1. The Bertz CT molecular complexity index is 708. The van der Waals surface area contributed by atoms with Gasteiger partial charge in [-0.2, -0.15) is 13.2 Å². The second-order valence-electron chi connectivity index (χ2n) is 4.27. The van der Waals surface area contributed by atoms with Crippen molar-refractivity contribution in [2.45, 2.75) is 13.1 Å². The molecule has 2 aromatic rings. The molecule has 0 radical (unpaired) electrons. The van der Waals surface area contributed by atoms with E-state index in [1.807, 2.05) is 0 Å². The fourth-order valence-electron chi connectivity index (χ4n) is 1.63. The Morgan fingerprint density at radius 1 is 1.32 bits per heavy atom. The minimum Gasteiger partial charge on any atom is -0.328 e. The van der Waals surface area contributed by atoms with Crippen LogP contribution < -0.4 is 5.32 Å². The van der Waals surface area contributed by atoms with Crippen LogP contribution in [0.25, 0.3) is 6.08 Å². The highest BCUT2D eigenvalue weighted by Gasteiger charge is 2.39. The molecule has 3 nitrogen and oxygen atoms in total. The molecular formula is C14H10ClF3N2OS. The minimum absolute atomic E-state index is 0.180. The Hall–Kier alpha value is -1.86. The summed E-state index contributed by atoms with van der Waals surface area (Å²) in [5.41, 5.74) is -0.409. The highest BCUT2D eigenvalue weighted by Crippen LogP contribution is 2.34. The van der Waals surface area contributed by atoms with E-state index in [0.29, 0.717) is 16.4 Å². The first kappa shape index (κ1) is 16.5. The molecule has 0 bridgehead atoms. The summed E-state index contributed by atoms with van der Waals surface area (Å²) in [6.07, 6.45) is -1.83. The fourth-order valence-corrected chi connectivity index (χ4v) is 2.59. The van der Waals surface area contributed by atoms with Crippen LogP contribution in [-0.4, -0.2) is 10.9 Å². The third kappa shape index (κ3) is 4.08. The van der Waals surface area contributed by atoms with Gasteiger partial charge in [-0.25, -0.2) is 4.98 Å². The lowest BCUT2D eigenvalue weighted by atomic mass is 10.2. The predicted molar refractivity (Wildman–Crippen MR) is 79.8 cm³/mol. The zero-order chi connectivity index (χ0) is 16.3. The molecule has 1 heterocycles. The Morgan fingerprint density at radius 2 is 1.95 bits per heavy atom. The molecule has 2 rings (SSSR count). The van der Waals surface area contributed by atoms with Gasteiger partial charge in [0.25, 0.3) is 5.91 Å². The lowest BCUT2D eigenvalue weighted by Gasteiger charge is -2.05. The third-order valence-electron chi connectivity index (χ3n) is 2.57. The van der Waals surface area contributed by atoms with Gasteiger partial charge in [0, 0.05) is 11.2 Å². The molecule has 0 saturated heterocycles. The Kier molecular flexibility index (Phi) is 4.87. The van der Waals surface area contributed by atoms with Gasteiger partial charge in [0.15, 0.2) is 5.69 Å². The number of alkyl halides is 3. The van der Waals surface area contributed by atoms with Crippen LogP contribution in [0, 0.1) is 6.92 Å². The van der Waals surface area contributed by atoms with E-state index in [1.165, 1.54) is 13.1 Å². The molecule has 0 aliphatic heterocycles. The van der Waals surface area contributed by atoms with E-state index in [9.17, 15) is 18.0 Å². The van der Waals surface area contributed by atoms with Crippen LogP contribution in [0.5, 0.6) is 0 Å². The number of carbonyl (C=O) groups is 1. The minimum atomic E-state index is -4.66. The van der Waals surface area contributed by atoms with Gasteiger partial charge in [-0.3, -0.25) is 4.79 Å². The third-order valence-corrected chi connectivity index (χ3v) is 3.79. The van der Waals surface area contributed by atoms with Crippen LogP contribution >= 0.6 is 22.9 Å². The van der Waals surface area contributed by atoms with Gasteiger partial charge in [0.1, 0.15) is 4.88 Å². The quantitative estimate of drug-likeness (QED) is 0.887. The van der Waals surface area contributed by atoms with Gasteiger partial charge < -0.3 is 5.32 Å². The summed E-state index contributed by atoms with van der Waals surface area (Å²) in [4.78, 5) is 14.8. The van der Waals surface area contributed by atoms with Crippen molar-refractivity contribution in [1.29, 1.82) is 0 Å². The van der Waals surface area contributed by atoms with Crippen LogP contribution in [0.4, 0.5) is 13.2 Å². The van der Waals surface area contributed by atoms with Crippen LogP contribution in [-0.2, 0) is 6.18 Å². The van der Waals surface area contributed by atoms with Gasteiger partial charge in [0.05, 0.1) is 5.01 Å². The maximum absolute atomic E-state index is 12.8. The number of nitrogens with one attached hydrogen (secondary N) is 1. The number of aromatic nitrogens is 1. The summed E-state index contributed by atoms with van der Waals surface area (Å²) in [7, 11) is 0. The van der Waals surface area contributed by atoms with Crippen LogP contribution in [0.1, 0.15) is 25.9 Å². The number of benzene rings is 1. The van der Waals surface area contributed by atoms with Gasteiger partial charge in [-0.1, -0.05) is 23.7 Å². The Morgan fingerprint density at radius 3 is 2.55 bits per heavy atom. The Balaban J connectivity index is 2.11. The van der Waals surface area contributed by atoms with E-state index >= 15 is 0 Å². The predicted octanol–water partition coefficient (Wildman–Crippen LogP) is 4.52. The van der Waals surface area contributed by atoms with Crippen molar-refractivity contribution in [3.05, 3.63) is 56.6 Å². The summed E-state index contributed by atoms with van der Waals surface area (Å²) in [6.45, 7) is 1.42. The summed E-state index contributed by atoms with van der Waals surface area (Å²) < 4.78 is 38.3. The zero-order valence-corrected chi connectivity index (χ0v) is 12.8. The maximum atomic E-state index is 12.8. The molecule has 1 aromatic heterocycles. The monoisotopic (exact) mass is 346 g/mol. The number of aryl methyl sites for hydroxylation is 1. The van der Waals surface area contributed by atoms with E-state index in [-0.39, 0.29) is 5.01 Å². The summed E-state index contributed by atoms with van der Waals surface area (Å²) in [5, 5.41) is 3.05. The number of thiazole rings is 1. The van der Waals surface area contributed by atoms with Crippen molar-refractivity contribution in [2.75, 3.05) is 0 Å². The standard InChI is InChI=1S/C14H10ClF3N2OS/c1-8-20-12(14(16,17)18)11(22-8)13(21)19-7-6-9-2-4-10(15)5-3-9/h2-7H,1H3,(H,19,21)/b7-6-. The molecule has 0 atom stereocenters. The normalized spacial score (nSPS) is 11.9. The number of nitrogens with zero attached hydrogens (tertiary/aromatic N) is 1. The van der Waals surface area contributed by atoms with Gasteiger partial charge in [0.2, 0.25) is 0 Å².